The van der Waals surface area contributed by atoms with E-state index in [-0.39, 0.29) is 23.8 Å². The summed E-state index contributed by atoms with van der Waals surface area (Å²) in [4.78, 5) is 38.7. The smallest absolute Gasteiger partial charge is 0.251 e. The first kappa shape index (κ1) is 17.7. The highest BCUT2D eigenvalue weighted by atomic mass is 16.2. The summed E-state index contributed by atoms with van der Waals surface area (Å²) in [5, 5.41) is 2.90. The second-order valence-corrected chi connectivity index (χ2v) is 5.97. The number of amides is 3. The van der Waals surface area contributed by atoms with Crippen LogP contribution in [-0.2, 0) is 9.59 Å². The van der Waals surface area contributed by atoms with Crippen LogP contribution >= 0.6 is 0 Å². The van der Waals surface area contributed by atoms with E-state index in [2.05, 4.69) is 11.9 Å². The van der Waals surface area contributed by atoms with E-state index in [1.807, 2.05) is 6.92 Å². The largest absolute Gasteiger partial charge is 0.348 e. The van der Waals surface area contributed by atoms with Crippen molar-refractivity contribution in [3.63, 3.8) is 0 Å². The van der Waals surface area contributed by atoms with Gasteiger partial charge >= 0.3 is 0 Å². The number of nitrogens with one attached hydrogen (secondary N) is 1. The molecule has 6 heteroatoms. The van der Waals surface area contributed by atoms with Gasteiger partial charge in [-0.15, -0.1) is 0 Å². The summed E-state index contributed by atoms with van der Waals surface area (Å²) in [5.41, 5.74) is 1.20. The molecule has 0 saturated carbocycles. The highest BCUT2D eigenvalue weighted by molar-refractivity contribution is 6.01. The zero-order valence-electron chi connectivity index (χ0n) is 14.1. The number of hydrogen-bond acceptors (Lipinski definition) is 3. The predicted molar refractivity (Wildman–Crippen MR) is 92.8 cm³/mol. The fraction of sp³-hybridized carbons (Fsp3) is 0.389. The summed E-state index contributed by atoms with van der Waals surface area (Å²) in [7, 11) is 1.65. The molecule has 1 aliphatic heterocycles. The molecule has 1 aliphatic rings. The number of benzene rings is 1. The standard InChI is InChI=1S/C18H23N3O3/c1-4-16(22)20(3)15-9-7-14(8-10-15)18(24)19-13(2)12-21-11-5-6-17(21)23/h4,7-10,13H,1,5-6,11-12H2,2-3H3,(H,19,24). The number of rotatable bonds is 6. The van der Waals surface area contributed by atoms with Gasteiger partial charge in [0.2, 0.25) is 11.8 Å². The molecule has 6 nitrogen and oxygen atoms in total. The van der Waals surface area contributed by atoms with Crippen LogP contribution in [0, 0.1) is 0 Å². The second-order valence-electron chi connectivity index (χ2n) is 5.97. The van der Waals surface area contributed by atoms with Crippen molar-refractivity contribution in [2.24, 2.45) is 0 Å². The molecule has 0 radical (unpaired) electrons. The van der Waals surface area contributed by atoms with Crippen molar-refractivity contribution in [2.75, 3.05) is 25.0 Å². The highest BCUT2D eigenvalue weighted by Crippen LogP contribution is 2.15. The maximum absolute atomic E-state index is 12.3. The number of likely N-dealkylation sites (tertiary alicyclic amines) is 1. The van der Waals surface area contributed by atoms with Gasteiger partial charge in [0.1, 0.15) is 0 Å². The van der Waals surface area contributed by atoms with Crippen LogP contribution in [0.2, 0.25) is 0 Å². The molecule has 1 atom stereocenters. The number of likely N-dealkylation sites (N-methyl/N-ethyl adjacent to an activating group) is 1. The lowest BCUT2D eigenvalue weighted by Crippen LogP contribution is -2.42. The minimum Gasteiger partial charge on any atom is -0.348 e. The monoisotopic (exact) mass is 329 g/mol. The van der Waals surface area contributed by atoms with Crippen molar-refractivity contribution < 1.29 is 14.4 Å². The van der Waals surface area contributed by atoms with E-state index in [4.69, 9.17) is 0 Å². The molecule has 24 heavy (non-hydrogen) atoms. The molecule has 128 valence electrons. The van der Waals surface area contributed by atoms with Crippen LogP contribution in [-0.4, -0.2) is 48.8 Å². The van der Waals surface area contributed by atoms with Gasteiger partial charge in [-0.05, 0) is 43.7 Å². The molecule has 0 aromatic heterocycles. The topological polar surface area (TPSA) is 69.7 Å². The van der Waals surface area contributed by atoms with E-state index >= 15 is 0 Å². The van der Waals surface area contributed by atoms with Gasteiger partial charge < -0.3 is 15.1 Å². The molecule has 0 spiro atoms. The van der Waals surface area contributed by atoms with Crippen LogP contribution in [0.1, 0.15) is 30.1 Å². The summed E-state index contributed by atoms with van der Waals surface area (Å²) in [6.45, 7) is 6.62. The van der Waals surface area contributed by atoms with Crippen LogP contribution in [0.15, 0.2) is 36.9 Å². The molecule has 1 heterocycles. The van der Waals surface area contributed by atoms with E-state index in [0.29, 0.717) is 24.2 Å². The van der Waals surface area contributed by atoms with Gasteiger partial charge in [-0.2, -0.15) is 0 Å². The lowest BCUT2D eigenvalue weighted by atomic mass is 10.1. The summed E-state index contributed by atoms with van der Waals surface area (Å²) in [6, 6.07) is 6.65. The van der Waals surface area contributed by atoms with Gasteiger partial charge in [-0.3, -0.25) is 14.4 Å². The molecule has 2 rings (SSSR count). The zero-order chi connectivity index (χ0) is 17.7. The Morgan fingerprint density at radius 3 is 2.58 bits per heavy atom. The highest BCUT2D eigenvalue weighted by Gasteiger charge is 2.22. The van der Waals surface area contributed by atoms with Gasteiger partial charge in [0.15, 0.2) is 0 Å². The third kappa shape index (κ3) is 4.22. The Balaban J connectivity index is 1.93. The molecule has 1 unspecified atom stereocenters. The average molecular weight is 329 g/mol. The minimum absolute atomic E-state index is 0.121. The molecule has 1 aromatic carbocycles. The lowest BCUT2D eigenvalue weighted by Gasteiger charge is -2.22. The fourth-order valence-electron chi connectivity index (χ4n) is 2.68. The first-order valence-electron chi connectivity index (χ1n) is 8.01. The van der Waals surface area contributed by atoms with Gasteiger partial charge in [-0.25, -0.2) is 0 Å². The number of hydrogen-bond donors (Lipinski definition) is 1. The van der Waals surface area contributed by atoms with Crippen molar-refractivity contribution in [1.29, 1.82) is 0 Å². The Hall–Kier alpha value is -2.63. The number of carbonyl (C=O) groups excluding carboxylic acids is 3. The maximum Gasteiger partial charge on any atom is 0.251 e. The van der Waals surface area contributed by atoms with E-state index < -0.39 is 0 Å². The van der Waals surface area contributed by atoms with Gasteiger partial charge in [0.05, 0.1) is 0 Å². The van der Waals surface area contributed by atoms with Crippen LogP contribution < -0.4 is 10.2 Å². The molecule has 1 aromatic rings. The molecule has 3 amide bonds. The SMILES string of the molecule is C=CC(=O)N(C)c1ccc(C(=O)NC(C)CN2CCCC2=O)cc1. The van der Waals surface area contributed by atoms with Crippen LogP contribution in [0.25, 0.3) is 0 Å². The van der Waals surface area contributed by atoms with E-state index in [0.717, 1.165) is 13.0 Å². The molecular formula is C18H23N3O3. The lowest BCUT2D eigenvalue weighted by molar-refractivity contribution is -0.128. The Morgan fingerprint density at radius 1 is 1.38 bits per heavy atom. The van der Waals surface area contributed by atoms with Gasteiger partial charge in [0.25, 0.3) is 5.91 Å². The molecule has 0 aliphatic carbocycles. The van der Waals surface area contributed by atoms with Crippen LogP contribution in [0.5, 0.6) is 0 Å². The maximum atomic E-state index is 12.3. The third-order valence-corrected chi connectivity index (χ3v) is 4.07. The quantitative estimate of drug-likeness (QED) is 0.806. The summed E-state index contributed by atoms with van der Waals surface area (Å²) in [5.74, 6) is -0.259. The van der Waals surface area contributed by atoms with E-state index in [1.165, 1.54) is 11.0 Å². The molecular weight excluding hydrogens is 306 g/mol. The van der Waals surface area contributed by atoms with Crippen LogP contribution in [0.3, 0.4) is 0 Å². The Morgan fingerprint density at radius 2 is 2.04 bits per heavy atom. The Kier molecular flexibility index (Phi) is 5.73. The third-order valence-electron chi connectivity index (χ3n) is 4.07. The minimum atomic E-state index is -0.212. The van der Waals surface area contributed by atoms with Crippen LogP contribution in [0.4, 0.5) is 5.69 Å². The predicted octanol–water partition coefficient (Wildman–Crippen LogP) is 1.58. The molecule has 1 N–H and O–H groups in total. The van der Waals surface area contributed by atoms with E-state index in [9.17, 15) is 14.4 Å². The number of nitrogens with zero attached hydrogens (tertiary/aromatic N) is 2. The summed E-state index contributed by atoms with van der Waals surface area (Å²) in [6.07, 6.45) is 2.72. The van der Waals surface area contributed by atoms with Crippen molar-refractivity contribution >= 4 is 23.4 Å². The number of anilines is 1. The number of carbonyl (C=O) groups is 3. The molecule has 1 fully saturated rings. The van der Waals surface area contributed by atoms with Gasteiger partial charge in [-0.1, -0.05) is 6.58 Å². The van der Waals surface area contributed by atoms with Crippen molar-refractivity contribution in [3.8, 4) is 0 Å². The normalized spacial score (nSPS) is 15.1. The van der Waals surface area contributed by atoms with Gasteiger partial charge in [0, 0.05) is 43.9 Å². The zero-order valence-corrected chi connectivity index (χ0v) is 14.1. The summed E-state index contributed by atoms with van der Waals surface area (Å²) < 4.78 is 0. The summed E-state index contributed by atoms with van der Waals surface area (Å²) >= 11 is 0. The Labute approximate surface area is 142 Å². The van der Waals surface area contributed by atoms with Crippen molar-refractivity contribution in [1.82, 2.24) is 10.2 Å². The van der Waals surface area contributed by atoms with Crippen molar-refractivity contribution in [3.05, 3.63) is 42.5 Å². The first-order valence-corrected chi connectivity index (χ1v) is 8.01. The first-order chi connectivity index (χ1) is 11.4. The fourth-order valence-corrected chi connectivity index (χ4v) is 2.68. The average Bonchev–Trinajstić information content (AvgIpc) is 2.98. The van der Waals surface area contributed by atoms with Crippen molar-refractivity contribution in [2.45, 2.75) is 25.8 Å². The molecule has 1 saturated heterocycles. The van der Waals surface area contributed by atoms with E-state index in [1.54, 1.807) is 36.2 Å². The second kappa shape index (κ2) is 7.77. The Bertz CT molecular complexity index is 639. The molecule has 0 bridgehead atoms.